The molecule has 0 heterocycles. The van der Waals surface area contributed by atoms with Crippen molar-refractivity contribution in [2.24, 2.45) is 5.73 Å². The third-order valence-corrected chi connectivity index (χ3v) is 4.47. The molecule has 1 rings (SSSR count). The van der Waals surface area contributed by atoms with E-state index >= 15 is 0 Å². The summed E-state index contributed by atoms with van der Waals surface area (Å²) in [5.74, 6) is -0.512. The highest BCUT2D eigenvalue weighted by molar-refractivity contribution is 7.94. The highest BCUT2D eigenvalue weighted by Gasteiger charge is 2.29. The molecule has 0 aliphatic rings. The Hall–Kier alpha value is -1.14. The van der Waals surface area contributed by atoms with Crippen molar-refractivity contribution in [1.82, 2.24) is 0 Å². The molecule has 0 aliphatic heterocycles. The van der Waals surface area contributed by atoms with Gasteiger partial charge in [-0.25, -0.2) is 12.8 Å². The maximum Gasteiger partial charge on any atom is 0.237 e. The van der Waals surface area contributed by atoms with Crippen molar-refractivity contribution in [2.45, 2.75) is 32.1 Å². The van der Waals surface area contributed by atoms with Crippen LogP contribution in [0, 0.1) is 5.82 Å². The molecule has 0 saturated carbocycles. The van der Waals surface area contributed by atoms with Crippen LogP contribution >= 0.6 is 0 Å². The highest BCUT2D eigenvalue weighted by atomic mass is 32.2. The SMILES string of the molecule is CC(C)(C)S(=O)(=O)Nc1cccc(F)c1CN. The summed E-state index contributed by atoms with van der Waals surface area (Å²) in [5.41, 5.74) is 5.77. The van der Waals surface area contributed by atoms with Crippen molar-refractivity contribution in [2.75, 3.05) is 4.72 Å². The Bertz CT molecular complexity index is 507. The number of hydrogen-bond donors (Lipinski definition) is 2. The van der Waals surface area contributed by atoms with E-state index in [1.54, 1.807) is 20.8 Å². The lowest BCUT2D eigenvalue weighted by atomic mass is 10.2. The Morgan fingerprint density at radius 2 is 1.94 bits per heavy atom. The molecule has 4 nitrogen and oxygen atoms in total. The molecule has 0 saturated heterocycles. The molecule has 0 radical (unpaired) electrons. The van der Waals surface area contributed by atoms with Crippen molar-refractivity contribution in [3.05, 3.63) is 29.6 Å². The second-order valence-corrected chi connectivity index (χ2v) is 7.12. The lowest BCUT2D eigenvalue weighted by Gasteiger charge is -2.21. The van der Waals surface area contributed by atoms with Gasteiger partial charge in [-0.15, -0.1) is 0 Å². The van der Waals surface area contributed by atoms with Crippen molar-refractivity contribution >= 4 is 15.7 Å². The molecule has 0 spiro atoms. The molecule has 0 amide bonds. The molecule has 0 unspecified atom stereocenters. The first kappa shape index (κ1) is 13.9. The summed E-state index contributed by atoms with van der Waals surface area (Å²) >= 11 is 0. The molecular weight excluding hydrogens is 243 g/mol. The van der Waals surface area contributed by atoms with E-state index in [-0.39, 0.29) is 17.8 Å². The van der Waals surface area contributed by atoms with Crippen LogP contribution in [0.5, 0.6) is 0 Å². The predicted molar refractivity (Wildman–Crippen MR) is 66.6 cm³/mol. The smallest absolute Gasteiger partial charge is 0.237 e. The summed E-state index contributed by atoms with van der Waals surface area (Å²) in [7, 11) is -3.57. The maximum atomic E-state index is 13.4. The zero-order valence-corrected chi connectivity index (χ0v) is 10.9. The van der Waals surface area contributed by atoms with Gasteiger partial charge in [0.2, 0.25) is 10.0 Å². The molecule has 3 N–H and O–H groups in total. The number of rotatable bonds is 3. The van der Waals surface area contributed by atoms with Crippen molar-refractivity contribution < 1.29 is 12.8 Å². The summed E-state index contributed by atoms with van der Waals surface area (Å²) in [6.07, 6.45) is 0. The number of halogens is 1. The Kier molecular flexibility index (Phi) is 3.78. The van der Waals surface area contributed by atoms with E-state index < -0.39 is 20.6 Å². The Morgan fingerprint density at radius 3 is 2.41 bits per heavy atom. The summed E-state index contributed by atoms with van der Waals surface area (Å²) in [4.78, 5) is 0. The molecule has 6 heteroatoms. The van der Waals surface area contributed by atoms with Crippen LogP contribution in [0.1, 0.15) is 26.3 Å². The fourth-order valence-electron chi connectivity index (χ4n) is 1.16. The number of nitrogens with one attached hydrogen (secondary N) is 1. The lowest BCUT2D eigenvalue weighted by Crippen LogP contribution is -2.34. The molecule has 1 aromatic rings. The first-order chi connectivity index (χ1) is 7.69. The Balaban J connectivity index is 3.17. The third-order valence-electron chi connectivity index (χ3n) is 2.37. The average Bonchev–Trinajstić information content (AvgIpc) is 2.15. The van der Waals surface area contributed by atoms with Gasteiger partial charge in [-0.1, -0.05) is 6.07 Å². The fourth-order valence-corrected chi connectivity index (χ4v) is 1.95. The first-order valence-electron chi connectivity index (χ1n) is 5.19. The average molecular weight is 260 g/mol. The van der Waals surface area contributed by atoms with E-state index in [0.717, 1.165) is 0 Å². The Labute approximate surface area is 101 Å². The van der Waals surface area contributed by atoms with Crippen LogP contribution in [-0.4, -0.2) is 13.2 Å². The second-order valence-electron chi connectivity index (χ2n) is 4.69. The van der Waals surface area contributed by atoms with E-state index in [9.17, 15) is 12.8 Å². The predicted octanol–water partition coefficient (Wildman–Crippen LogP) is 1.82. The number of sulfonamides is 1. The second kappa shape index (κ2) is 4.62. The quantitative estimate of drug-likeness (QED) is 0.870. The number of nitrogens with two attached hydrogens (primary N) is 1. The molecule has 1 aromatic carbocycles. The summed E-state index contributed by atoms with van der Waals surface area (Å²) < 4.78 is 38.7. The van der Waals surface area contributed by atoms with Gasteiger partial charge in [0, 0.05) is 12.1 Å². The van der Waals surface area contributed by atoms with E-state index in [2.05, 4.69) is 4.72 Å². The number of benzene rings is 1. The van der Waals surface area contributed by atoms with E-state index in [1.165, 1.54) is 18.2 Å². The van der Waals surface area contributed by atoms with Crippen LogP contribution < -0.4 is 10.5 Å². The van der Waals surface area contributed by atoms with Gasteiger partial charge in [0.05, 0.1) is 10.4 Å². The largest absolute Gasteiger partial charge is 0.326 e. The lowest BCUT2D eigenvalue weighted by molar-refractivity contribution is 0.565. The minimum absolute atomic E-state index is 0.0608. The molecule has 0 atom stereocenters. The normalized spacial score (nSPS) is 12.5. The first-order valence-corrected chi connectivity index (χ1v) is 6.67. The van der Waals surface area contributed by atoms with Gasteiger partial charge in [0.25, 0.3) is 0 Å². The molecule has 96 valence electrons. The van der Waals surface area contributed by atoms with Crippen LogP contribution in [0.15, 0.2) is 18.2 Å². The van der Waals surface area contributed by atoms with Crippen LogP contribution in [-0.2, 0) is 16.6 Å². The summed E-state index contributed by atoms with van der Waals surface area (Å²) in [6, 6.07) is 4.18. The highest BCUT2D eigenvalue weighted by Crippen LogP contribution is 2.23. The number of hydrogen-bond acceptors (Lipinski definition) is 3. The monoisotopic (exact) mass is 260 g/mol. The van der Waals surface area contributed by atoms with Crippen molar-refractivity contribution in [3.8, 4) is 0 Å². The standard InChI is InChI=1S/C11H17FN2O2S/c1-11(2,3)17(15,16)14-10-6-4-5-9(12)8(10)7-13/h4-6,14H,7,13H2,1-3H3. The maximum absolute atomic E-state index is 13.4. The van der Waals surface area contributed by atoms with E-state index in [1.807, 2.05) is 0 Å². The molecule has 0 aromatic heterocycles. The molecule has 17 heavy (non-hydrogen) atoms. The van der Waals surface area contributed by atoms with Crippen LogP contribution in [0.25, 0.3) is 0 Å². The van der Waals surface area contributed by atoms with Crippen LogP contribution in [0.3, 0.4) is 0 Å². The fraction of sp³-hybridized carbons (Fsp3) is 0.455. The number of anilines is 1. The van der Waals surface area contributed by atoms with E-state index in [0.29, 0.717) is 0 Å². The summed E-state index contributed by atoms with van der Waals surface area (Å²) in [5, 5.41) is 0. The van der Waals surface area contributed by atoms with Crippen LogP contribution in [0.4, 0.5) is 10.1 Å². The van der Waals surface area contributed by atoms with Gasteiger partial charge in [-0.3, -0.25) is 4.72 Å². The van der Waals surface area contributed by atoms with Gasteiger partial charge < -0.3 is 5.73 Å². The zero-order valence-electron chi connectivity index (χ0n) is 10.1. The van der Waals surface area contributed by atoms with Gasteiger partial charge in [0.1, 0.15) is 5.82 Å². The van der Waals surface area contributed by atoms with Gasteiger partial charge in [-0.05, 0) is 32.9 Å². The molecule has 0 fully saturated rings. The van der Waals surface area contributed by atoms with E-state index in [4.69, 9.17) is 5.73 Å². The van der Waals surface area contributed by atoms with Gasteiger partial charge in [-0.2, -0.15) is 0 Å². The Morgan fingerprint density at radius 1 is 1.35 bits per heavy atom. The van der Waals surface area contributed by atoms with Crippen LogP contribution in [0.2, 0.25) is 0 Å². The topological polar surface area (TPSA) is 72.2 Å². The molecular formula is C11H17FN2O2S. The van der Waals surface area contributed by atoms with Gasteiger partial charge in [0.15, 0.2) is 0 Å². The van der Waals surface area contributed by atoms with Crippen molar-refractivity contribution in [1.29, 1.82) is 0 Å². The van der Waals surface area contributed by atoms with Crippen molar-refractivity contribution in [3.63, 3.8) is 0 Å². The minimum Gasteiger partial charge on any atom is -0.326 e. The third kappa shape index (κ3) is 2.95. The zero-order chi connectivity index (χ0) is 13.3. The molecule has 0 bridgehead atoms. The van der Waals surface area contributed by atoms with Gasteiger partial charge >= 0.3 is 0 Å². The minimum atomic E-state index is -3.57. The molecule has 0 aliphatic carbocycles. The summed E-state index contributed by atoms with van der Waals surface area (Å²) in [6.45, 7) is 4.64.